The average molecular weight is 364 g/mol. The minimum Gasteiger partial charge on any atom is -0.311 e. The Morgan fingerprint density at radius 2 is 2.16 bits per heavy atom. The van der Waals surface area contributed by atoms with Crippen LogP contribution < -0.4 is 5.56 Å². The Balaban J connectivity index is 1.87. The Morgan fingerprint density at radius 3 is 2.88 bits per heavy atom. The number of benzene rings is 1. The molecule has 7 heteroatoms. The molecule has 0 unspecified atom stereocenters. The third-order valence-corrected chi connectivity index (χ3v) is 5.21. The van der Waals surface area contributed by atoms with E-state index in [2.05, 4.69) is 20.9 Å². The topological polar surface area (TPSA) is 73.9 Å². The van der Waals surface area contributed by atoms with E-state index in [4.69, 9.17) is 11.8 Å². The van der Waals surface area contributed by atoms with Crippen LogP contribution in [-0.4, -0.2) is 9.97 Å². The van der Waals surface area contributed by atoms with Gasteiger partial charge in [-0.05, 0) is 22.6 Å². The summed E-state index contributed by atoms with van der Waals surface area (Å²) in [7, 11) is 0. The lowest BCUT2D eigenvalue weighted by Gasteiger charge is -2.06. The van der Waals surface area contributed by atoms with Crippen molar-refractivity contribution in [2.24, 2.45) is 0 Å². The molecule has 3 rings (SSSR count). The number of aromatic nitrogens is 2. The molecule has 0 bridgehead atoms. The van der Waals surface area contributed by atoms with Gasteiger partial charge in [0, 0.05) is 10.6 Å². The second-order valence-corrected chi connectivity index (χ2v) is 7.01. The summed E-state index contributed by atoms with van der Waals surface area (Å²) in [5, 5.41) is 11.2. The van der Waals surface area contributed by atoms with Gasteiger partial charge in [0.15, 0.2) is 5.16 Å². The summed E-state index contributed by atoms with van der Waals surface area (Å²) in [4.78, 5) is 23.5. The highest BCUT2D eigenvalue weighted by Gasteiger charge is 2.14. The van der Waals surface area contributed by atoms with Crippen molar-refractivity contribution in [3.05, 3.63) is 74.7 Å². The van der Waals surface area contributed by atoms with E-state index in [1.54, 1.807) is 0 Å². The molecule has 0 saturated carbocycles. The number of H-pyrrole nitrogens is 1. The molecule has 0 amide bonds. The molecule has 2 aromatic heterocycles. The molecular weight excluding hydrogens is 352 g/mol. The van der Waals surface area contributed by atoms with Crippen LogP contribution in [0.1, 0.15) is 11.1 Å². The van der Waals surface area contributed by atoms with Crippen LogP contribution in [0.2, 0.25) is 0 Å². The number of thiophene rings is 1. The van der Waals surface area contributed by atoms with Crippen molar-refractivity contribution in [3.8, 4) is 16.6 Å². The Morgan fingerprint density at radius 1 is 1.32 bits per heavy atom. The lowest BCUT2D eigenvalue weighted by atomic mass is 10.1. The summed E-state index contributed by atoms with van der Waals surface area (Å²) >= 11 is 2.84. The van der Waals surface area contributed by atoms with Gasteiger partial charge in [-0.1, -0.05) is 42.1 Å². The standard InChI is InChI=1S/C18H12N4OS2/c1-20-16-15(14-6-3-9-24-14)21-18(22-17(16)23)25-11-13-5-2-4-12(10-13)7-8-19/h2-6,9-10H,7,11H2,(H,21,22,23). The first-order valence-electron chi connectivity index (χ1n) is 7.34. The molecule has 1 N–H and O–H groups in total. The van der Waals surface area contributed by atoms with Gasteiger partial charge < -0.3 is 4.98 Å². The Bertz CT molecular complexity index is 1030. The van der Waals surface area contributed by atoms with Gasteiger partial charge in [0.1, 0.15) is 0 Å². The first-order chi connectivity index (χ1) is 12.2. The van der Waals surface area contributed by atoms with Crippen molar-refractivity contribution in [3.63, 3.8) is 0 Å². The second kappa shape index (κ2) is 7.80. The van der Waals surface area contributed by atoms with Gasteiger partial charge in [0.05, 0.1) is 24.8 Å². The highest BCUT2D eigenvalue weighted by molar-refractivity contribution is 7.98. The van der Waals surface area contributed by atoms with E-state index >= 15 is 0 Å². The first kappa shape index (κ1) is 17.0. The van der Waals surface area contributed by atoms with Crippen molar-refractivity contribution in [1.82, 2.24) is 9.97 Å². The molecule has 0 radical (unpaired) electrons. The number of nitrogens with one attached hydrogen (secondary N) is 1. The van der Waals surface area contributed by atoms with Crippen molar-refractivity contribution < 1.29 is 0 Å². The van der Waals surface area contributed by atoms with E-state index in [0.717, 1.165) is 16.0 Å². The summed E-state index contributed by atoms with van der Waals surface area (Å²) in [6, 6.07) is 13.6. The minimum absolute atomic E-state index is 0.0165. The van der Waals surface area contributed by atoms with Gasteiger partial charge in [-0.25, -0.2) is 9.83 Å². The number of rotatable bonds is 5. The van der Waals surface area contributed by atoms with Crippen LogP contribution >= 0.6 is 23.1 Å². The van der Waals surface area contributed by atoms with Crippen LogP contribution in [0, 0.1) is 17.9 Å². The van der Waals surface area contributed by atoms with Crippen LogP contribution in [0.5, 0.6) is 0 Å². The van der Waals surface area contributed by atoms with Crippen LogP contribution in [0.4, 0.5) is 5.69 Å². The maximum Gasteiger partial charge on any atom is 0.276 e. The SMILES string of the molecule is [C-]#[N+]c1c(-c2cccs2)nc(SCc2cccc(CC#N)c2)[nH]c1=O. The fourth-order valence-electron chi connectivity index (χ4n) is 2.28. The van der Waals surface area contributed by atoms with Crippen molar-refractivity contribution >= 4 is 28.8 Å². The van der Waals surface area contributed by atoms with Gasteiger partial charge in [-0.3, -0.25) is 4.79 Å². The molecule has 0 atom stereocenters. The van der Waals surface area contributed by atoms with Gasteiger partial charge in [-0.2, -0.15) is 5.26 Å². The summed E-state index contributed by atoms with van der Waals surface area (Å²) in [6.07, 6.45) is 0.371. The zero-order chi connectivity index (χ0) is 17.6. The summed E-state index contributed by atoms with van der Waals surface area (Å²) in [6.45, 7) is 7.23. The summed E-state index contributed by atoms with van der Waals surface area (Å²) in [5.41, 5.74) is 2.03. The van der Waals surface area contributed by atoms with E-state index in [9.17, 15) is 4.79 Å². The Hall–Kier alpha value is -2.87. The van der Waals surface area contributed by atoms with Crippen LogP contribution in [-0.2, 0) is 12.2 Å². The fraction of sp³-hybridized carbons (Fsp3) is 0.111. The van der Waals surface area contributed by atoms with Gasteiger partial charge >= 0.3 is 0 Å². The molecule has 1 aromatic carbocycles. The highest BCUT2D eigenvalue weighted by atomic mass is 32.2. The first-order valence-corrected chi connectivity index (χ1v) is 9.21. The molecule has 2 heterocycles. The quantitative estimate of drug-likeness (QED) is 0.413. The molecule has 3 aromatic rings. The molecule has 5 nitrogen and oxygen atoms in total. The van der Waals surface area contributed by atoms with Crippen molar-refractivity contribution in [1.29, 1.82) is 5.26 Å². The molecule has 0 spiro atoms. The molecule has 0 fully saturated rings. The second-order valence-electron chi connectivity index (χ2n) is 5.10. The lowest BCUT2D eigenvalue weighted by Crippen LogP contribution is -2.09. The summed E-state index contributed by atoms with van der Waals surface area (Å²) in [5.74, 6) is 0.615. The zero-order valence-corrected chi connectivity index (χ0v) is 14.7. The molecule has 0 aliphatic heterocycles. The van der Waals surface area contributed by atoms with Crippen LogP contribution in [0.3, 0.4) is 0 Å². The molecule has 0 aliphatic carbocycles. The van der Waals surface area contributed by atoms with E-state index in [-0.39, 0.29) is 5.69 Å². The van der Waals surface area contributed by atoms with E-state index in [0.29, 0.717) is 23.0 Å². The van der Waals surface area contributed by atoms with E-state index < -0.39 is 5.56 Å². The van der Waals surface area contributed by atoms with Crippen molar-refractivity contribution in [2.75, 3.05) is 0 Å². The van der Waals surface area contributed by atoms with Gasteiger partial charge in [0.2, 0.25) is 0 Å². The number of hydrogen-bond donors (Lipinski definition) is 1. The van der Waals surface area contributed by atoms with Crippen LogP contribution in [0.25, 0.3) is 15.4 Å². The largest absolute Gasteiger partial charge is 0.311 e. The van der Waals surface area contributed by atoms with Gasteiger partial charge in [-0.15, -0.1) is 11.3 Å². The molecular formula is C18H12N4OS2. The zero-order valence-electron chi connectivity index (χ0n) is 13.0. The highest BCUT2D eigenvalue weighted by Crippen LogP contribution is 2.31. The predicted octanol–water partition coefficient (Wildman–Crippen LogP) is 4.41. The average Bonchev–Trinajstić information content (AvgIpc) is 3.15. The predicted molar refractivity (Wildman–Crippen MR) is 99.8 cm³/mol. The maximum absolute atomic E-state index is 12.2. The third-order valence-electron chi connectivity index (χ3n) is 3.39. The molecule has 122 valence electrons. The maximum atomic E-state index is 12.2. The number of thioether (sulfide) groups is 1. The number of aromatic amines is 1. The number of nitriles is 1. The summed E-state index contributed by atoms with van der Waals surface area (Å²) < 4.78 is 0. The minimum atomic E-state index is -0.422. The monoisotopic (exact) mass is 364 g/mol. The normalized spacial score (nSPS) is 10.2. The molecule has 25 heavy (non-hydrogen) atoms. The number of hydrogen-bond acceptors (Lipinski definition) is 5. The lowest BCUT2D eigenvalue weighted by molar-refractivity contribution is 0.950. The molecule has 0 saturated heterocycles. The third kappa shape index (κ3) is 3.97. The van der Waals surface area contributed by atoms with E-state index in [1.807, 2.05) is 41.8 Å². The Labute approximate surface area is 152 Å². The fourth-order valence-corrected chi connectivity index (χ4v) is 3.79. The van der Waals surface area contributed by atoms with Gasteiger partial charge in [0.25, 0.3) is 11.2 Å². The van der Waals surface area contributed by atoms with E-state index in [1.165, 1.54) is 23.1 Å². The molecule has 0 aliphatic rings. The Kier molecular flexibility index (Phi) is 5.30. The smallest absolute Gasteiger partial charge is 0.276 e. The number of nitrogens with zero attached hydrogens (tertiary/aromatic N) is 3. The van der Waals surface area contributed by atoms with Crippen molar-refractivity contribution in [2.45, 2.75) is 17.3 Å². The van der Waals surface area contributed by atoms with Crippen LogP contribution in [0.15, 0.2) is 51.7 Å².